The van der Waals surface area contributed by atoms with Gasteiger partial charge in [-0.05, 0) is 29.8 Å². The van der Waals surface area contributed by atoms with E-state index in [1.165, 1.54) is 0 Å². The number of pyridine rings is 1. The molecule has 5 heteroatoms. The fraction of sp³-hybridized carbons (Fsp3) is 0.0769. The quantitative estimate of drug-likeness (QED) is 0.892. The van der Waals surface area contributed by atoms with Gasteiger partial charge in [-0.15, -0.1) is 0 Å². The monoisotopic (exact) mass is 261 g/mol. The zero-order valence-electron chi connectivity index (χ0n) is 9.56. The molecule has 2 N–H and O–H groups in total. The maximum atomic E-state index is 11.6. The average molecular weight is 262 g/mol. The molecule has 2 rings (SSSR count). The van der Waals surface area contributed by atoms with Gasteiger partial charge in [0, 0.05) is 17.8 Å². The van der Waals surface area contributed by atoms with Gasteiger partial charge in [-0.1, -0.05) is 23.7 Å². The summed E-state index contributed by atoms with van der Waals surface area (Å²) in [4.78, 5) is 15.5. The van der Waals surface area contributed by atoms with Gasteiger partial charge in [-0.3, -0.25) is 4.98 Å². The predicted molar refractivity (Wildman–Crippen MR) is 71.5 cm³/mol. The number of halogens is 1. The first-order chi connectivity index (χ1) is 8.74. The van der Waals surface area contributed by atoms with Crippen LogP contribution in [0.3, 0.4) is 0 Å². The minimum Gasteiger partial charge on any atom is -0.334 e. The molecule has 0 bridgehead atoms. The van der Waals surface area contributed by atoms with Crippen LogP contribution < -0.4 is 10.6 Å². The molecular weight excluding hydrogens is 250 g/mol. The van der Waals surface area contributed by atoms with Crippen LogP contribution in [-0.2, 0) is 6.54 Å². The fourth-order valence-electron chi connectivity index (χ4n) is 1.40. The van der Waals surface area contributed by atoms with E-state index in [4.69, 9.17) is 11.6 Å². The van der Waals surface area contributed by atoms with Crippen molar-refractivity contribution in [2.75, 3.05) is 5.32 Å². The van der Waals surface area contributed by atoms with E-state index in [1.807, 2.05) is 12.1 Å². The summed E-state index contributed by atoms with van der Waals surface area (Å²) in [6.07, 6.45) is 3.23. The van der Waals surface area contributed by atoms with Crippen LogP contribution in [0.25, 0.3) is 0 Å². The van der Waals surface area contributed by atoms with Gasteiger partial charge in [-0.25, -0.2) is 4.79 Å². The van der Waals surface area contributed by atoms with E-state index in [0.717, 1.165) is 5.56 Å². The number of hydrogen-bond donors (Lipinski definition) is 2. The Morgan fingerprint density at radius 2 is 2.00 bits per heavy atom. The number of urea groups is 1. The summed E-state index contributed by atoms with van der Waals surface area (Å²) in [5.74, 6) is 0. The third kappa shape index (κ3) is 3.75. The summed E-state index contributed by atoms with van der Waals surface area (Å²) in [5.41, 5.74) is 1.65. The van der Waals surface area contributed by atoms with Gasteiger partial charge in [0.05, 0.1) is 11.9 Å². The number of anilines is 1. The molecule has 0 spiro atoms. The SMILES string of the molecule is O=C(NCc1ccc(Cl)cc1)Nc1cccnc1. The lowest BCUT2D eigenvalue weighted by Gasteiger charge is -2.07. The topological polar surface area (TPSA) is 54.0 Å². The number of rotatable bonds is 3. The van der Waals surface area contributed by atoms with Crippen LogP contribution in [0.1, 0.15) is 5.56 Å². The molecule has 0 unspecified atom stereocenters. The second-order valence-electron chi connectivity index (χ2n) is 3.68. The molecule has 0 radical (unpaired) electrons. The fourth-order valence-corrected chi connectivity index (χ4v) is 1.52. The minimum absolute atomic E-state index is 0.266. The third-order valence-electron chi connectivity index (χ3n) is 2.29. The first-order valence-electron chi connectivity index (χ1n) is 5.43. The maximum absolute atomic E-state index is 11.6. The van der Waals surface area contributed by atoms with Gasteiger partial charge in [0.25, 0.3) is 0 Å². The number of aromatic nitrogens is 1. The molecule has 0 saturated heterocycles. The highest BCUT2D eigenvalue weighted by molar-refractivity contribution is 6.30. The van der Waals surface area contributed by atoms with Gasteiger partial charge in [-0.2, -0.15) is 0 Å². The lowest BCUT2D eigenvalue weighted by Crippen LogP contribution is -2.28. The molecular formula is C13H12ClN3O. The van der Waals surface area contributed by atoms with Crippen LogP contribution in [0.2, 0.25) is 5.02 Å². The highest BCUT2D eigenvalue weighted by Gasteiger charge is 2.01. The molecule has 1 heterocycles. The summed E-state index contributed by atoms with van der Waals surface area (Å²) >= 11 is 5.78. The van der Waals surface area contributed by atoms with Crippen molar-refractivity contribution >= 4 is 23.3 Å². The van der Waals surface area contributed by atoms with Crippen molar-refractivity contribution in [3.8, 4) is 0 Å². The number of nitrogens with zero attached hydrogens (tertiary/aromatic N) is 1. The second-order valence-corrected chi connectivity index (χ2v) is 4.11. The largest absolute Gasteiger partial charge is 0.334 e. The first-order valence-corrected chi connectivity index (χ1v) is 5.81. The molecule has 18 heavy (non-hydrogen) atoms. The Bertz CT molecular complexity index is 514. The molecule has 2 amide bonds. The molecule has 2 aromatic rings. The van der Waals surface area contributed by atoms with Crippen molar-refractivity contribution in [3.63, 3.8) is 0 Å². The van der Waals surface area contributed by atoms with Gasteiger partial charge in [0.2, 0.25) is 0 Å². The van der Waals surface area contributed by atoms with Crippen LogP contribution in [0.5, 0.6) is 0 Å². The number of hydrogen-bond acceptors (Lipinski definition) is 2. The standard InChI is InChI=1S/C13H12ClN3O/c14-11-5-3-10(4-6-11)8-16-13(18)17-12-2-1-7-15-9-12/h1-7,9H,8H2,(H2,16,17,18). The van der Waals surface area contributed by atoms with Gasteiger partial charge < -0.3 is 10.6 Å². The number of carbonyl (C=O) groups is 1. The number of nitrogens with one attached hydrogen (secondary N) is 2. The molecule has 92 valence electrons. The Morgan fingerprint density at radius 3 is 2.67 bits per heavy atom. The summed E-state index contributed by atoms with van der Waals surface area (Å²) in [6, 6.07) is 10.6. The zero-order valence-corrected chi connectivity index (χ0v) is 10.3. The van der Waals surface area contributed by atoms with Crippen molar-refractivity contribution in [3.05, 3.63) is 59.4 Å². The summed E-state index contributed by atoms with van der Waals surface area (Å²) in [5, 5.41) is 6.11. The summed E-state index contributed by atoms with van der Waals surface area (Å²) in [6.45, 7) is 0.448. The molecule has 1 aromatic heterocycles. The van der Waals surface area contributed by atoms with Gasteiger partial charge in [0.1, 0.15) is 0 Å². The first kappa shape index (κ1) is 12.4. The van der Waals surface area contributed by atoms with E-state index >= 15 is 0 Å². The van der Waals surface area contributed by atoms with E-state index in [0.29, 0.717) is 17.3 Å². The number of benzene rings is 1. The van der Waals surface area contributed by atoms with Crippen molar-refractivity contribution < 1.29 is 4.79 Å². The van der Waals surface area contributed by atoms with Crippen LogP contribution in [0, 0.1) is 0 Å². The Hall–Kier alpha value is -2.07. The molecule has 0 atom stereocenters. The lowest BCUT2D eigenvalue weighted by atomic mass is 10.2. The van der Waals surface area contributed by atoms with Gasteiger partial charge >= 0.3 is 6.03 Å². The van der Waals surface area contributed by atoms with Crippen molar-refractivity contribution in [2.45, 2.75) is 6.54 Å². The van der Waals surface area contributed by atoms with E-state index in [9.17, 15) is 4.79 Å². The molecule has 0 aliphatic heterocycles. The summed E-state index contributed by atoms with van der Waals surface area (Å²) < 4.78 is 0. The predicted octanol–water partition coefficient (Wildman–Crippen LogP) is 3.06. The highest BCUT2D eigenvalue weighted by Crippen LogP contribution is 2.09. The maximum Gasteiger partial charge on any atom is 0.319 e. The second kappa shape index (κ2) is 6.02. The minimum atomic E-state index is -0.266. The normalized spacial score (nSPS) is 9.83. The van der Waals surface area contributed by atoms with Crippen molar-refractivity contribution in [2.24, 2.45) is 0 Å². The molecule has 1 aromatic carbocycles. The third-order valence-corrected chi connectivity index (χ3v) is 2.54. The lowest BCUT2D eigenvalue weighted by molar-refractivity contribution is 0.251. The van der Waals surface area contributed by atoms with Gasteiger partial charge in [0.15, 0.2) is 0 Å². The van der Waals surface area contributed by atoms with Crippen molar-refractivity contribution in [1.82, 2.24) is 10.3 Å². The van der Waals surface area contributed by atoms with Crippen LogP contribution >= 0.6 is 11.6 Å². The Kier molecular flexibility index (Phi) is 4.15. The average Bonchev–Trinajstić information content (AvgIpc) is 2.39. The van der Waals surface area contributed by atoms with Crippen LogP contribution in [-0.4, -0.2) is 11.0 Å². The van der Waals surface area contributed by atoms with Crippen LogP contribution in [0.15, 0.2) is 48.8 Å². The Balaban J connectivity index is 1.83. The molecule has 0 aliphatic rings. The Morgan fingerprint density at radius 1 is 1.22 bits per heavy atom. The molecule has 0 aliphatic carbocycles. The molecule has 0 saturated carbocycles. The van der Waals surface area contributed by atoms with Crippen LogP contribution in [0.4, 0.5) is 10.5 Å². The molecule has 4 nitrogen and oxygen atoms in total. The summed E-state index contributed by atoms with van der Waals surface area (Å²) in [7, 11) is 0. The smallest absolute Gasteiger partial charge is 0.319 e. The van der Waals surface area contributed by atoms with E-state index in [-0.39, 0.29) is 6.03 Å². The van der Waals surface area contributed by atoms with Crippen molar-refractivity contribution in [1.29, 1.82) is 0 Å². The van der Waals surface area contributed by atoms with E-state index < -0.39 is 0 Å². The number of carbonyl (C=O) groups excluding carboxylic acids is 1. The molecule has 0 fully saturated rings. The van der Waals surface area contributed by atoms with E-state index in [2.05, 4.69) is 15.6 Å². The zero-order chi connectivity index (χ0) is 12.8. The highest BCUT2D eigenvalue weighted by atomic mass is 35.5. The number of amides is 2. The van der Waals surface area contributed by atoms with E-state index in [1.54, 1.807) is 36.7 Å². The Labute approximate surface area is 110 Å².